The van der Waals surface area contributed by atoms with Gasteiger partial charge in [-0.25, -0.2) is 0 Å². The van der Waals surface area contributed by atoms with Crippen LogP contribution in [0.4, 0.5) is 5.69 Å². The lowest BCUT2D eigenvalue weighted by Crippen LogP contribution is -2.36. The van der Waals surface area contributed by atoms with E-state index in [0.717, 1.165) is 36.3 Å². The Bertz CT molecular complexity index is 901. The molecule has 37 heavy (non-hydrogen) atoms. The molecule has 4 rings (SSSR count). The largest absolute Gasteiger partial charge is 0.385 e. The standard InChI is InChI=1S/C17H25N.C15H23NO.C2H6/c1-13-5-7-16-12-14(6-8-15(16)11-13)9-10-18-17-3-2-4-17;1-4-5-6-12(2)11-16-15-9-7-14(8-10-15)13(3)17;1-2/h6,8,12-13,17-18H,2-5,7,9-11H2,1H3;7-10,12,16H,4-6,11H2,1-3H3;1-2H3. The number of fused-ring (bicyclic) bond motifs is 1. The maximum Gasteiger partial charge on any atom is 0.159 e. The molecule has 2 aliphatic rings. The molecule has 0 radical (unpaired) electrons. The molecule has 0 amide bonds. The van der Waals surface area contributed by atoms with Crippen molar-refractivity contribution in [1.29, 1.82) is 0 Å². The summed E-state index contributed by atoms with van der Waals surface area (Å²) < 4.78 is 0. The van der Waals surface area contributed by atoms with Crippen LogP contribution < -0.4 is 10.6 Å². The van der Waals surface area contributed by atoms with Crippen molar-refractivity contribution in [3.05, 3.63) is 64.7 Å². The van der Waals surface area contributed by atoms with Gasteiger partial charge in [-0.1, -0.05) is 72.1 Å². The van der Waals surface area contributed by atoms with Crippen LogP contribution in [0.5, 0.6) is 0 Å². The SMILES string of the molecule is CC.CC1CCc2cc(CCNC3CCC3)ccc2C1.CCCCC(C)CNc1ccc(C(C)=O)cc1. The molecule has 2 aromatic carbocycles. The second-order valence-electron chi connectivity index (χ2n) is 11.0. The molecule has 1 fully saturated rings. The van der Waals surface area contributed by atoms with E-state index in [0.29, 0.717) is 5.92 Å². The Morgan fingerprint density at radius 3 is 2.38 bits per heavy atom. The highest BCUT2D eigenvalue weighted by molar-refractivity contribution is 5.94. The van der Waals surface area contributed by atoms with Gasteiger partial charge in [0, 0.05) is 23.8 Å². The molecule has 2 aromatic rings. The summed E-state index contributed by atoms with van der Waals surface area (Å²) in [5.74, 6) is 1.69. The van der Waals surface area contributed by atoms with Crippen molar-refractivity contribution in [3.63, 3.8) is 0 Å². The average Bonchev–Trinajstić information content (AvgIpc) is 2.89. The van der Waals surface area contributed by atoms with Crippen molar-refractivity contribution < 1.29 is 4.79 Å². The number of Topliss-reactive ketones (excluding diaryl/α,β-unsaturated/α-hetero) is 1. The van der Waals surface area contributed by atoms with Gasteiger partial charge >= 0.3 is 0 Å². The second kappa shape index (κ2) is 17.4. The van der Waals surface area contributed by atoms with Crippen LogP contribution in [0, 0.1) is 11.8 Å². The topological polar surface area (TPSA) is 41.1 Å². The fourth-order valence-electron chi connectivity index (χ4n) is 4.95. The number of hydrogen-bond acceptors (Lipinski definition) is 3. The molecule has 0 aliphatic heterocycles. The number of carbonyl (C=O) groups is 1. The van der Waals surface area contributed by atoms with Crippen LogP contribution in [0.2, 0.25) is 0 Å². The minimum absolute atomic E-state index is 0.118. The van der Waals surface area contributed by atoms with Gasteiger partial charge in [-0.15, -0.1) is 0 Å². The monoisotopic (exact) mass is 506 g/mol. The maximum absolute atomic E-state index is 11.1. The van der Waals surface area contributed by atoms with E-state index in [1.165, 1.54) is 69.8 Å². The third-order valence-electron chi connectivity index (χ3n) is 7.69. The van der Waals surface area contributed by atoms with Gasteiger partial charge in [-0.2, -0.15) is 0 Å². The van der Waals surface area contributed by atoms with Crippen molar-refractivity contribution in [2.75, 3.05) is 18.4 Å². The fraction of sp³-hybridized carbons (Fsp3) is 0.618. The van der Waals surface area contributed by atoms with Crippen LogP contribution in [0.1, 0.15) is 114 Å². The van der Waals surface area contributed by atoms with Crippen LogP contribution in [-0.4, -0.2) is 24.9 Å². The molecule has 206 valence electrons. The van der Waals surface area contributed by atoms with Gasteiger partial charge in [0.15, 0.2) is 5.78 Å². The Labute approximate surface area is 228 Å². The molecule has 0 spiro atoms. The molecule has 0 aromatic heterocycles. The number of rotatable bonds is 11. The highest BCUT2D eigenvalue weighted by Gasteiger charge is 2.17. The lowest BCUT2D eigenvalue weighted by atomic mass is 9.84. The Kier molecular flexibility index (Phi) is 14.6. The summed E-state index contributed by atoms with van der Waals surface area (Å²) in [6.07, 6.45) is 13.2. The van der Waals surface area contributed by atoms with Gasteiger partial charge in [-0.05, 0) is 111 Å². The first kappa shape index (κ1) is 31.1. The molecule has 3 nitrogen and oxygen atoms in total. The number of aryl methyl sites for hydroxylation is 1. The summed E-state index contributed by atoms with van der Waals surface area (Å²) >= 11 is 0. The number of hydrogen-bond donors (Lipinski definition) is 2. The molecule has 0 heterocycles. The molecule has 2 N–H and O–H groups in total. The highest BCUT2D eigenvalue weighted by atomic mass is 16.1. The summed E-state index contributed by atoms with van der Waals surface area (Å²) in [5.41, 5.74) is 6.61. The first-order valence-electron chi connectivity index (χ1n) is 15.1. The smallest absolute Gasteiger partial charge is 0.159 e. The molecule has 3 heteroatoms. The first-order chi connectivity index (χ1) is 17.9. The summed E-state index contributed by atoms with van der Waals surface area (Å²) in [6.45, 7) is 14.6. The number of anilines is 1. The third-order valence-corrected chi connectivity index (χ3v) is 7.69. The number of unbranched alkanes of at least 4 members (excludes halogenated alkanes) is 1. The van der Waals surface area contributed by atoms with E-state index >= 15 is 0 Å². The van der Waals surface area contributed by atoms with E-state index in [-0.39, 0.29) is 5.78 Å². The van der Waals surface area contributed by atoms with Crippen LogP contribution in [-0.2, 0) is 19.3 Å². The average molecular weight is 507 g/mol. The molecule has 1 saturated carbocycles. The quantitative estimate of drug-likeness (QED) is 0.300. The van der Waals surface area contributed by atoms with Crippen molar-refractivity contribution in [1.82, 2.24) is 5.32 Å². The molecular weight excluding hydrogens is 452 g/mol. The van der Waals surface area contributed by atoms with Gasteiger partial charge in [-0.3, -0.25) is 4.79 Å². The molecule has 2 unspecified atom stereocenters. The van der Waals surface area contributed by atoms with Gasteiger partial charge in [0.1, 0.15) is 0 Å². The zero-order valence-corrected chi connectivity index (χ0v) is 24.7. The van der Waals surface area contributed by atoms with Crippen molar-refractivity contribution >= 4 is 11.5 Å². The van der Waals surface area contributed by atoms with E-state index in [4.69, 9.17) is 0 Å². The van der Waals surface area contributed by atoms with E-state index in [1.54, 1.807) is 18.1 Å². The maximum atomic E-state index is 11.1. The van der Waals surface area contributed by atoms with Gasteiger partial charge in [0.2, 0.25) is 0 Å². The lowest BCUT2D eigenvalue weighted by Gasteiger charge is -2.26. The minimum atomic E-state index is 0.118. The summed E-state index contributed by atoms with van der Waals surface area (Å²) in [6, 6.07) is 15.7. The predicted molar refractivity (Wildman–Crippen MR) is 162 cm³/mol. The van der Waals surface area contributed by atoms with E-state index in [2.05, 4.69) is 49.6 Å². The molecule has 0 bridgehead atoms. The van der Waals surface area contributed by atoms with Gasteiger partial charge in [0.25, 0.3) is 0 Å². The summed E-state index contributed by atoms with van der Waals surface area (Å²) in [4.78, 5) is 11.1. The van der Waals surface area contributed by atoms with Crippen molar-refractivity contribution in [2.24, 2.45) is 11.8 Å². The first-order valence-corrected chi connectivity index (χ1v) is 15.1. The van der Waals surface area contributed by atoms with Crippen LogP contribution in [0.15, 0.2) is 42.5 Å². The number of ketones is 1. The Morgan fingerprint density at radius 2 is 1.76 bits per heavy atom. The fourth-order valence-corrected chi connectivity index (χ4v) is 4.95. The highest BCUT2D eigenvalue weighted by Crippen LogP contribution is 2.26. The van der Waals surface area contributed by atoms with E-state index in [9.17, 15) is 4.79 Å². The third kappa shape index (κ3) is 11.4. The van der Waals surface area contributed by atoms with Gasteiger partial charge in [0.05, 0.1) is 0 Å². The zero-order valence-electron chi connectivity index (χ0n) is 24.7. The lowest BCUT2D eigenvalue weighted by molar-refractivity contribution is 0.101. The van der Waals surface area contributed by atoms with Crippen LogP contribution in [0.3, 0.4) is 0 Å². The molecular formula is C34H54N2O. The Hall–Kier alpha value is -2.13. The normalized spacial score (nSPS) is 17.2. The van der Waals surface area contributed by atoms with Crippen LogP contribution in [0.25, 0.3) is 0 Å². The molecule has 0 saturated heterocycles. The minimum Gasteiger partial charge on any atom is -0.385 e. The van der Waals surface area contributed by atoms with Crippen molar-refractivity contribution in [2.45, 2.75) is 112 Å². The second-order valence-corrected chi connectivity index (χ2v) is 11.0. The number of benzene rings is 2. The van der Waals surface area contributed by atoms with E-state index < -0.39 is 0 Å². The zero-order chi connectivity index (χ0) is 27.0. The molecule has 2 aliphatic carbocycles. The van der Waals surface area contributed by atoms with Crippen LogP contribution >= 0.6 is 0 Å². The Morgan fingerprint density at radius 1 is 1.03 bits per heavy atom. The van der Waals surface area contributed by atoms with E-state index in [1.807, 2.05) is 38.1 Å². The summed E-state index contributed by atoms with van der Waals surface area (Å²) in [5, 5.41) is 7.06. The van der Waals surface area contributed by atoms with Crippen molar-refractivity contribution in [3.8, 4) is 0 Å². The van der Waals surface area contributed by atoms with Gasteiger partial charge < -0.3 is 10.6 Å². The number of carbonyl (C=O) groups excluding carboxylic acids is 1. The Balaban J connectivity index is 0.000000245. The molecule has 2 atom stereocenters. The predicted octanol–water partition coefficient (Wildman–Crippen LogP) is 8.65. The number of nitrogens with one attached hydrogen (secondary N) is 2. The summed E-state index contributed by atoms with van der Waals surface area (Å²) in [7, 11) is 0.